The van der Waals surface area contributed by atoms with Gasteiger partial charge in [-0.05, 0) is 50.7 Å². The summed E-state index contributed by atoms with van der Waals surface area (Å²) in [6.07, 6.45) is 5.96. The molecule has 1 N–H and O–H groups in total. The maximum Gasteiger partial charge on any atom is 0.290 e. The van der Waals surface area contributed by atoms with Crippen molar-refractivity contribution in [2.75, 3.05) is 24.8 Å². The Hall–Kier alpha value is -2.90. The van der Waals surface area contributed by atoms with Crippen LogP contribution in [0.25, 0.3) is 0 Å². The van der Waals surface area contributed by atoms with E-state index in [1.54, 1.807) is 6.07 Å². The molecule has 5 rings (SSSR count). The number of amides is 1. The molecule has 154 valence electrons. The second kappa shape index (κ2) is 7.85. The number of nitrogens with one attached hydrogen (secondary N) is 1. The fourth-order valence-corrected chi connectivity index (χ4v) is 4.19. The van der Waals surface area contributed by atoms with E-state index in [-0.39, 0.29) is 30.6 Å². The Morgan fingerprint density at radius 1 is 1.07 bits per heavy atom. The van der Waals surface area contributed by atoms with Crippen LogP contribution < -0.4 is 24.4 Å². The standard InChI is InChI=1S/C21H25N3O5/c25-21(19-12-20(23-29-19)24-9-1-2-10-24)22-14-3-5-15(6-4-14)28-16-7-8-17-18(11-16)27-13-26-17/h7-8,11-12,14-15H,1-6,9-10,13H2,(H,22,25). The van der Waals surface area contributed by atoms with Crippen molar-refractivity contribution < 1.29 is 23.5 Å². The molecule has 8 heteroatoms. The summed E-state index contributed by atoms with van der Waals surface area (Å²) in [7, 11) is 0. The molecule has 1 saturated heterocycles. The first kappa shape index (κ1) is 18.1. The van der Waals surface area contributed by atoms with Crippen molar-refractivity contribution in [3.63, 3.8) is 0 Å². The van der Waals surface area contributed by atoms with Gasteiger partial charge in [0.05, 0.1) is 6.10 Å². The van der Waals surface area contributed by atoms with Crippen LogP contribution in [0.4, 0.5) is 5.82 Å². The Labute approximate surface area is 169 Å². The molecule has 0 unspecified atom stereocenters. The Morgan fingerprint density at radius 3 is 2.69 bits per heavy atom. The van der Waals surface area contributed by atoms with E-state index in [0.29, 0.717) is 0 Å². The van der Waals surface area contributed by atoms with Crippen LogP contribution in [0, 0.1) is 0 Å². The van der Waals surface area contributed by atoms with Gasteiger partial charge >= 0.3 is 0 Å². The van der Waals surface area contributed by atoms with E-state index in [4.69, 9.17) is 18.7 Å². The summed E-state index contributed by atoms with van der Waals surface area (Å²) >= 11 is 0. The molecule has 1 aromatic carbocycles. The highest BCUT2D eigenvalue weighted by Crippen LogP contribution is 2.36. The molecule has 0 atom stereocenters. The molecule has 1 aliphatic carbocycles. The van der Waals surface area contributed by atoms with Gasteiger partial charge in [-0.15, -0.1) is 0 Å². The summed E-state index contributed by atoms with van der Waals surface area (Å²) < 4.78 is 22.1. The number of fused-ring (bicyclic) bond motifs is 1. The predicted octanol–water partition coefficient (Wildman–Crippen LogP) is 3.12. The van der Waals surface area contributed by atoms with Gasteiger partial charge in [-0.1, -0.05) is 5.16 Å². The summed E-state index contributed by atoms with van der Waals surface area (Å²) in [5.74, 6) is 3.12. The van der Waals surface area contributed by atoms with Gasteiger partial charge in [0.1, 0.15) is 5.75 Å². The zero-order valence-corrected chi connectivity index (χ0v) is 16.3. The quantitative estimate of drug-likeness (QED) is 0.827. The summed E-state index contributed by atoms with van der Waals surface area (Å²) in [6, 6.07) is 7.52. The normalized spacial score (nSPS) is 23.2. The van der Waals surface area contributed by atoms with Gasteiger partial charge < -0.3 is 29.0 Å². The highest BCUT2D eigenvalue weighted by Gasteiger charge is 2.26. The number of aromatic nitrogens is 1. The number of hydrogen-bond donors (Lipinski definition) is 1. The minimum Gasteiger partial charge on any atom is -0.490 e. The van der Waals surface area contributed by atoms with E-state index in [1.165, 1.54) is 0 Å². The minimum absolute atomic E-state index is 0.124. The number of anilines is 1. The number of carbonyl (C=O) groups is 1. The van der Waals surface area contributed by atoms with Crippen molar-refractivity contribution >= 4 is 11.7 Å². The lowest BCUT2D eigenvalue weighted by atomic mass is 9.93. The van der Waals surface area contributed by atoms with Crippen LogP contribution in [0.15, 0.2) is 28.8 Å². The molecule has 29 heavy (non-hydrogen) atoms. The van der Waals surface area contributed by atoms with Crippen molar-refractivity contribution in [2.24, 2.45) is 0 Å². The fourth-order valence-electron chi connectivity index (χ4n) is 4.19. The Kier molecular flexibility index (Phi) is 4.91. The van der Waals surface area contributed by atoms with Crippen LogP contribution in [0.3, 0.4) is 0 Å². The maximum absolute atomic E-state index is 12.5. The van der Waals surface area contributed by atoms with Crippen molar-refractivity contribution in [3.05, 3.63) is 30.0 Å². The van der Waals surface area contributed by atoms with Crippen LogP contribution in [0.1, 0.15) is 49.1 Å². The van der Waals surface area contributed by atoms with Crippen molar-refractivity contribution in [1.82, 2.24) is 10.5 Å². The van der Waals surface area contributed by atoms with Crippen molar-refractivity contribution in [2.45, 2.75) is 50.7 Å². The first-order chi connectivity index (χ1) is 14.2. The molecule has 1 aromatic heterocycles. The first-order valence-corrected chi connectivity index (χ1v) is 10.3. The number of ether oxygens (including phenoxy) is 3. The molecule has 3 aliphatic rings. The van der Waals surface area contributed by atoms with Gasteiger partial charge in [0.15, 0.2) is 17.3 Å². The third-order valence-electron chi connectivity index (χ3n) is 5.81. The van der Waals surface area contributed by atoms with Gasteiger partial charge in [0, 0.05) is 31.3 Å². The van der Waals surface area contributed by atoms with Crippen LogP contribution in [0.5, 0.6) is 17.2 Å². The van der Waals surface area contributed by atoms with Gasteiger partial charge in [-0.2, -0.15) is 0 Å². The van der Waals surface area contributed by atoms with E-state index in [0.717, 1.165) is 74.7 Å². The smallest absolute Gasteiger partial charge is 0.290 e. The van der Waals surface area contributed by atoms with E-state index in [2.05, 4.69) is 15.4 Å². The van der Waals surface area contributed by atoms with E-state index in [1.807, 2.05) is 18.2 Å². The zero-order valence-electron chi connectivity index (χ0n) is 16.3. The summed E-state index contributed by atoms with van der Waals surface area (Å²) in [5, 5.41) is 7.12. The van der Waals surface area contributed by atoms with Gasteiger partial charge in [-0.3, -0.25) is 4.79 Å². The molecular weight excluding hydrogens is 374 g/mol. The highest BCUT2D eigenvalue weighted by molar-refractivity contribution is 5.92. The minimum atomic E-state index is -0.192. The van der Waals surface area contributed by atoms with Crippen LogP contribution >= 0.6 is 0 Å². The monoisotopic (exact) mass is 399 g/mol. The van der Waals surface area contributed by atoms with Crippen molar-refractivity contribution in [3.8, 4) is 17.2 Å². The molecule has 0 spiro atoms. The van der Waals surface area contributed by atoms with Gasteiger partial charge in [0.2, 0.25) is 12.6 Å². The summed E-state index contributed by atoms with van der Waals surface area (Å²) in [4.78, 5) is 14.7. The lowest BCUT2D eigenvalue weighted by Crippen LogP contribution is -2.39. The largest absolute Gasteiger partial charge is 0.490 e. The molecule has 0 bridgehead atoms. The molecule has 0 radical (unpaired) electrons. The van der Waals surface area contributed by atoms with E-state index in [9.17, 15) is 4.79 Å². The summed E-state index contributed by atoms with van der Waals surface area (Å²) in [6.45, 7) is 2.20. The molecule has 1 saturated carbocycles. The molecule has 2 aromatic rings. The number of nitrogens with zero attached hydrogens (tertiary/aromatic N) is 2. The third-order valence-corrected chi connectivity index (χ3v) is 5.81. The average molecular weight is 399 g/mol. The van der Waals surface area contributed by atoms with E-state index < -0.39 is 0 Å². The number of hydrogen-bond acceptors (Lipinski definition) is 7. The Bertz CT molecular complexity index is 869. The summed E-state index contributed by atoms with van der Waals surface area (Å²) in [5.41, 5.74) is 0. The predicted molar refractivity (Wildman–Crippen MR) is 105 cm³/mol. The zero-order chi connectivity index (χ0) is 19.6. The molecule has 2 aliphatic heterocycles. The first-order valence-electron chi connectivity index (χ1n) is 10.3. The topological polar surface area (TPSA) is 86.1 Å². The lowest BCUT2D eigenvalue weighted by Gasteiger charge is -2.29. The highest BCUT2D eigenvalue weighted by atomic mass is 16.7. The van der Waals surface area contributed by atoms with Crippen LogP contribution in [0.2, 0.25) is 0 Å². The average Bonchev–Trinajstić information content (AvgIpc) is 3.49. The fraction of sp³-hybridized carbons (Fsp3) is 0.524. The Balaban J connectivity index is 1.11. The number of carbonyl (C=O) groups excluding carboxylic acids is 1. The van der Waals surface area contributed by atoms with E-state index >= 15 is 0 Å². The molecule has 8 nitrogen and oxygen atoms in total. The van der Waals surface area contributed by atoms with Crippen molar-refractivity contribution in [1.29, 1.82) is 0 Å². The molecular formula is C21H25N3O5. The molecule has 2 fully saturated rings. The van der Waals surface area contributed by atoms with Gasteiger partial charge in [0.25, 0.3) is 5.91 Å². The number of rotatable bonds is 5. The second-order valence-electron chi connectivity index (χ2n) is 7.82. The Morgan fingerprint density at radius 2 is 1.86 bits per heavy atom. The van der Waals surface area contributed by atoms with Crippen LogP contribution in [-0.4, -0.2) is 43.1 Å². The lowest BCUT2D eigenvalue weighted by molar-refractivity contribution is 0.0858. The second-order valence-corrected chi connectivity index (χ2v) is 7.82. The SMILES string of the molecule is O=C(NC1CCC(Oc2ccc3c(c2)OCO3)CC1)c1cc(N2CCCC2)no1. The molecule has 1 amide bonds. The van der Waals surface area contributed by atoms with Gasteiger partial charge in [-0.25, -0.2) is 0 Å². The maximum atomic E-state index is 12.5. The number of benzene rings is 1. The molecule has 3 heterocycles. The van der Waals surface area contributed by atoms with Crippen LogP contribution in [-0.2, 0) is 0 Å². The third kappa shape index (κ3) is 3.97.